The van der Waals surface area contributed by atoms with Gasteiger partial charge in [0.15, 0.2) is 5.78 Å². The monoisotopic (exact) mass is 260 g/mol. The van der Waals surface area contributed by atoms with Gasteiger partial charge in [0.05, 0.1) is 11.3 Å². The fourth-order valence-electron chi connectivity index (χ4n) is 1.32. The summed E-state index contributed by atoms with van der Waals surface area (Å²) >= 11 is 0. The lowest BCUT2D eigenvalue weighted by atomic mass is 10.1. The van der Waals surface area contributed by atoms with Crippen molar-refractivity contribution in [2.45, 2.75) is 19.8 Å². The van der Waals surface area contributed by atoms with Crippen molar-refractivity contribution in [2.24, 2.45) is 0 Å². The normalized spacial score (nSPS) is 12.4. The van der Waals surface area contributed by atoms with E-state index in [1.807, 2.05) is 6.92 Å². The molecule has 1 aromatic carbocycles. The Labute approximate surface area is 101 Å². The molecular weight excluding hydrogens is 246 g/mol. The molecule has 94 valence electrons. The van der Waals surface area contributed by atoms with E-state index in [0.29, 0.717) is 11.8 Å². The second kappa shape index (κ2) is 6.59. The number of ketones is 1. The summed E-state index contributed by atoms with van der Waals surface area (Å²) in [5, 5.41) is 0. The fourth-order valence-corrected chi connectivity index (χ4v) is 2.52. The van der Waals surface area contributed by atoms with Gasteiger partial charge in [0.25, 0.3) is 0 Å². The third-order valence-corrected chi connectivity index (χ3v) is 3.58. The molecule has 1 rings (SSSR count). The third-order valence-electron chi connectivity index (χ3n) is 2.25. The number of carbonyl (C=O) groups is 1. The summed E-state index contributed by atoms with van der Waals surface area (Å²) in [4.78, 5) is 11.6. The second-order valence-corrected chi connectivity index (χ2v) is 5.27. The van der Waals surface area contributed by atoms with E-state index in [1.165, 1.54) is 0 Å². The standard InChI is InChI=1S/C12H14F2O2S/c1-2-3-6-17(16)8-12(15)10-5-4-9(13)7-11(10)14/h4-5,7H,2-3,6,8H2,1H3. The van der Waals surface area contributed by atoms with Crippen molar-refractivity contribution in [1.29, 1.82) is 0 Å². The molecule has 0 aliphatic rings. The molecule has 0 amide bonds. The summed E-state index contributed by atoms with van der Waals surface area (Å²) in [7, 11) is -1.27. The molecule has 17 heavy (non-hydrogen) atoms. The lowest BCUT2D eigenvalue weighted by molar-refractivity contribution is 0.101. The van der Waals surface area contributed by atoms with Crippen LogP contribution in [-0.4, -0.2) is 21.5 Å². The molecule has 2 nitrogen and oxygen atoms in total. The van der Waals surface area contributed by atoms with Crippen LogP contribution in [0.4, 0.5) is 8.78 Å². The molecular formula is C12H14F2O2S. The molecule has 0 aliphatic carbocycles. The zero-order chi connectivity index (χ0) is 12.8. The SMILES string of the molecule is CCCCS(=O)CC(=O)c1ccc(F)cc1F. The summed E-state index contributed by atoms with van der Waals surface area (Å²) in [6, 6.07) is 2.76. The van der Waals surface area contributed by atoms with Gasteiger partial charge in [-0.25, -0.2) is 8.78 Å². The Morgan fingerprint density at radius 2 is 2.06 bits per heavy atom. The average Bonchev–Trinajstić information content (AvgIpc) is 2.26. The third kappa shape index (κ3) is 4.34. The van der Waals surface area contributed by atoms with Gasteiger partial charge >= 0.3 is 0 Å². The van der Waals surface area contributed by atoms with Crippen molar-refractivity contribution >= 4 is 16.6 Å². The first-order valence-corrected chi connectivity index (χ1v) is 6.86. The highest BCUT2D eigenvalue weighted by atomic mass is 32.2. The number of rotatable bonds is 6. The maximum Gasteiger partial charge on any atom is 0.178 e. The van der Waals surface area contributed by atoms with Gasteiger partial charge in [0, 0.05) is 22.6 Å². The van der Waals surface area contributed by atoms with Gasteiger partial charge in [0.1, 0.15) is 11.6 Å². The molecule has 1 aromatic rings. The van der Waals surface area contributed by atoms with Crippen molar-refractivity contribution in [3.8, 4) is 0 Å². The van der Waals surface area contributed by atoms with Crippen LogP contribution >= 0.6 is 0 Å². The Balaban J connectivity index is 2.67. The number of hydrogen-bond donors (Lipinski definition) is 0. The predicted molar refractivity (Wildman–Crippen MR) is 63.5 cm³/mol. The lowest BCUT2D eigenvalue weighted by Gasteiger charge is -2.03. The molecule has 0 aromatic heterocycles. The fraction of sp³-hybridized carbons (Fsp3) is 0.417. The topological polar surface area (TPSA) is 34.1 Å². The van der Waals surface area contributed by atoms with Crippen molar-refractivity contribution in [3.63, 3.8) is 0 Å². The van der Waals surface area contributed by atoms with Crippen molar-refractivity contribution in [3.05, 3.63) is 35.4 Å². The number of unbranched alkanes of at least 4 members (excludes halogenated alkanes) is 1. The van der Waals surface area contributed by atoms with E-state index in [0.717, 1.165) is 25.0 Å². The van der Waals surface area contributed by atoms with Gasteiger partial charge in [0.2, 0.25) is 0 Å². The van der Waals surface area contributed by atoms with Crippen LogP contribution in [0.1, 0.15) is 30.1 Å². The van der Waals surface area contributed by atoms with Crippen LogP contribution in [0.25, 0.3) is 0 Å². The highest BCUT2D eigenvalue weighted by Gasteiger charge is 2.15. The summed E-state index contributed by atoms with van der Waals surface area (Å²) in [5.74, 6) is -1.95. The summed E-state index contributed by atoms with van der Waals surface area (Å²) in [5.41, 5.74) is -0.198. The van der Waals surface area contributed by atoms with E-state index in [4.69, 9.17) is 0 Å². The van der Waals surface area contributed by atoms with Gasteiger partial charge in [-0.05, 0) is 18.6 Å². The van der Waals surface area contributed by atoms with Crippen LogP contribution < -0.4 is 0 Å². The lowest BCUT2D eigenvalue weighted by Crippen LogP contribution is -2.14. The van der Waals surface area contributed by atoms with Gasteiger partial charge in [-0.1, -0.05) is 13.3 Å². The van der Waals surface area contributed by atoms with Gasteiger partial charge in [-0.15, -0.1) is 0 Å². The summed E-state index contributed by atoms with van der Waals surface area (Å²) in [6.45, 7) is 1.96. The molecule has 0 N–H and O–H groups in total. The van der Waals surface area contributed by atoms with E-state index in [2.05, 4.69) is 0 Å². The molecule has 0 saturated carbocycles. The molecule has 0 aliphatic heterocycles. The van der Waals surface area contributed by atoms with Crippen LogP contribution in [0.2, 0.25) is 0 Å². The van der Waals surface area contributed by atoms with Gasteiger partial charge < -0.3 is 0 Å². The first-order chi connectivity index (χ1) is 8.04. The Bertz CT molecular complexity index is 433. The van der Waals surface area contributed by atoms with E-state index in [9.17, 15) is 17.8 Å². The minimum absolute atomic E-state index is 0.198. The molecule has 0 saturated heterocycles. The molecule has 1 unspecified atom stereocenters. The molecule has 0 heterocycles. The van der Waals surface area contributed by atoms with Crippen LogP contribution in [0.3, 0.4) is 0 Å². The molecule has 0 radical (unpaired) electrons. The summed E-state index contributed by atoms with van der Waals surface area (Å²) < 4.78 is 37.3. The molecule has 1 atom stereocenters. The Morgan fingerprint density at radius 1 is 1.35 bits per heavy atom. The van der Waals surface area contributed by atoms with Crippen molar-refractivity contribution in [1.82, 2.24) is 0 Å². The van der Waals surface area contributed by atoms with E-state index < -0.39 is 28.2 Å². The minimum Gasteiger partial charge on any atom is -0.293 e. The number of hydrogen-bond acceptors (Lipinski definition) is 2. The first-order valence-electron chi connectivity index (χ1n) is 5.37. The van der Waals surface area contributed by atoms with E-state index in [-0.39, 0.29) is 11.3 Å². The largest absolute Gasteiger partial charge is 0.293 e. The number of benzene rings is 1. The minimum atomic E-state index is -1.27. The van der Waals surface area contributed by atoms with E-state index in [1.54, 1.807) is 0 Å². The van der Waals surface area contributed by atoms with Gasteiger partial charge in [-0.3, -0.25) is 9.00 Å². The molecule has 0 spiro atoms. The van der Waals surface area contributed by atoms with Crippen LogP contribution in [0, 0.1) is 11.6 Å². The zero-order valence-electron chi connectivity index (χ0n) is 9.54. The Kier molecular flexibility index (Phi) is 5.41. The molecule has 0 bridgehead atoms. The highest BCUT2D eigenvalue weighted by molar-refractivity contribution is 7.85. The van der Waals surface area contributed by atoms with Crippen LogP contribution in [-0.2, 0) is 10.8 Å². The number of carbonyl (C=O) groups excluding carboxylic acids is 1. The molecule has 0 fully saturated rings. The molecule has 5 heteroatoms. The number of Topliss-reactive ketones (excluding diaryl/α,β-unsaturated/α-hetero) is 1. The Hall–Kier alpha value is -1.10. The Morgan fingerprint density at radius 3 is 2.65 bits per heavy atom. The maximum absolute atomic E-state index is 13.2. The first kappa shape index (κ1) is 14.0. The van der Waals surface area contributed by atoms with Crippen LogP contribution in [0.5, 0.6) is 0 Å². The smallest absolute Gasteiger partial charge is 0.178 e. The van der Waals surface area contributed by atoms with Gasteiger partial charge in [-0.2, -0.15) is 0 Å². The van der Waals surface area contributed by atoms with Crippen LogP contribution in [0.15, 0.2) is 18.2 Å². The highest BCUT2D eigenvalue weighted by Crippen LogP contribution is 2.11. The van der Waals surface area contributed by atoms with Crippen molar-refractivity contribution in [2.75, 3.05) is 11.5 Å². The van der Waals surface area contributed by atoms with Crippen molar-refractivity contribution < 1.29 is 17.8 Å². The zero-order valence-corrected chi connectivity index (χ0v) is 10.4. The predicted octanol–water partition coefficient (Wildman–Crippen LogP) is 2.70. The second-order valence-electron chi connectivity index (χ2n) is 3.69. The maximum atomic E-state index is 13.2. The number of halogens is 2. The van der Waals surface area contributed by atoms with E-state index >= 15 is 0 Å². The quantitative estimate of drug-likeness (QED) is 0.737. The average molecular weight is 260 g/mol. The summed E-state index contributed by atoms with van der Waals surface area (Å²) in [6.07, 6.45) is 1.66.